The van der Waals surface area contributed by atoms with Crippen LogP contribution in [-0.2, 0) is 18.3 Å². The SMILES string of the molecule is Nc1ccc(Cc2ccc(C(c3ccc(Cc4ccc(N)cc4)cc3)(C(F)(F)F)C(F)(F)C(F)(F)C(F)(F)C(F)(F)C(F)(F)C(F)(F)F)cc2)cc1. The van der Waals surface area contributed by atoms with Gasteiger partial charge in [-0.1, -0.05) is 72.8 Å². The zero-order valence-corrected chi connectivity index (χ0v) is 25.9. The van der Waals surface area contributed by atoms with Gasteiger partial charge in [0.15, 0.2) is 5.41 Å². The van der Waals surface area contributed by atoms with Gasteiger partial charge in [-0.25, -0.2) is 0 Å². The largest absolute Gasteiger partial charge is 0.460 e. The fourth-order valence-corrected chi connectivity index (χ4v) is 5.53. The van der Waals surface area contributed by atoms with Gasteiger partial charge in [0.25, 0.3) is 0 Å². The molecule has 0 aromatic heterocycles. The Balaban J connectivity index is 1.97. The molecule has 0 amide bonds. The van der Waals surface area contributed by atoms with Gasteiger partial charge in [0.05, 0.1) is 0 Å². The molecule has 4 N–H and O–H groups in total. The Morgan fingerprint density at radius 2 is 0.558 bits per heavy atom. The Kier molecular flexibility index (Phi) is 10.1. The van der Waals surface area contributed by atoms with Crippen LogP contribution in [0.25, 0.3) is 0 Å². The molecule has 0 aliphatic heterocycles. The summed E-state index contributed by atoms with van der Waals surface area (Å²) in [6.07, 6.45) is -14.9. The molecule has 18 heteroatoms. The van der Waals surface area contributed by atoms with Gasteiger partial charge in [-0.05, 0) is 70.5 Å². The number of hydrogen-bond acceptors (Lipinski definition) is 2. The predicted octanol–water partition coefficient (Wildman–Crippen LogP) is 10.6. The van der Waals surface area contributed by atoms with Gasteiger partial charge >= 0.3 is 42.0 Å². The lowest BCUT2D eigenvalue weighted by Gasteiger charge is -2.48. The van der Waals surface area contributed by atoms with Crippen molar-refractivity contribution in [2.45, 2.75) is 60.2 Å². The van der Waals surface area contributed by atoms with Gasteiger partial charge in [0.2, 0.25) is 0 Å². The lowest BCUT2D eigenvalue weighted by Crippen LogP contribution is -2.75. The Bertz CT molecular complexity index is 1740. The van der Waals surface area contributed by atoms with Crippen LogP contribution >= 0.6 is 0 Å². The molecule has 0 saturated heterocycles. The topological polar surface area (TPSA) is 52.0 Å². The summed E-state index contributed by atoms with van der Waals surface area (Å²) in [5.74, 6) is -40.9. The molecule has 0 unspecified atom stereocenters. The van der Waals surface area contributed by atoms with Gasteiger partial charge in [-0.3, -0.25) is 0 Å². The monoisotopic (exact) mass is 764 g/mol. The first-order valence-corrected chi connectivity index (χ1v) is 14.6. The van der Waals surface area contributed by atoms with E-state index in [4.69, 9.17) is 11.5 Å². The molecule has 0 heterocycles. The van der Waals surface area contributed by atoms with E-state index in [1.807, 2.05) is 0 Å². The van der Waals surface area contributed by atoms with E-state index in [0.29, 0.717) is 46.8 Å². The summed E-state index contributed by atoms with van der Waals surface area (Å²) >= 11 is 0. The van der Waals surface area contributed by atoms with Crippen molar-refractivity contribution in [1.29, 1.82) is 0 Å². The lowest BCUT2D eigenvalue weighted by molar-refractivity contribution is -0.449. The van der Waals surface area contributed by atoms with Crippen molar-refractivity contribution >= 4 is 11.4 Å². The fourth-order valence-electron chi connectivity index (χ4n) is 5.53. The number of rotatable bonds is 11. The normalized spacial score (nSPS) is 14.1. The summed E-state index contributed by atoms with van der Waals surface area (Å²) in [6.45, 7) is 0. The third-order valence-corrected chi connectivity index (χ3v) is 8.38. The average Bonchev–Trinajstić information content (AvgIpc) is 3.03. The van der Waals surface area contributed by atoms with Gasteiger partial charge in [0.1, 0.15) is 0 Å². The summed E-state index contributed by atoms with van der Waals surface area (Å²) in [5.41, 5.74) is 2.91. The quantitative estimate of drug-likeness (QED) is 0.118. The van der Waals surface area contributed by atoms with Crippen molar-refractivity contribution in [1.82, 2.24) is 0 Å². The van der Waals surface area contributed by atoms with E-state index in [1.165, 1.54) is 48.5 Å². The summed E-state index contributed by atoms with van der Waals surface area (Å²) < 4.78 is 232. The Morgan fingerprint density at radius 1 is 0.308 bits per heavy atom. The first-order valence-electron chi connectivity index (χ1n) is 14.6. The van der Waals surface area contributed by atoms with Crippen LogP contribution in [0.3, 0.4) is 0 Å². The molecule has 0 bridgehead atoms. The molecule has 0 atom stereocenters. The second kappa shape index (κ2) is 13.1. The van der Waals surface area contributed by atoms with Crippen molar-refractivity contribution in [2.24, 2.45) is 0 Å². The molecule has 0 saturated carbocycles. The molecule has 0 radical (unpaired) electrons. The molecule has 4 aromatic carbocycles. The molecular weight excluding hydrogens is 740 g/mol. The van der Waals surface area contributed by atoms with E-state index < -0.39 is 58.5 Å². The highest BCUT2D eigenvalue weighted by Gasteiger charge is 2.94. The minimum Gasteiger partial charge on any atom is -0.399 e. The van der Waals surface area contributed by atoms with E-state index in [2.05, 4.69) is 0 Å². The Morgan fingerprint density at radius 3 is 0.827 bits per heavy atom. The third kappa shape index (κ3) is 6.37. The highest BCUT2D eigenvalue weighted by molar-refractivity contribution is 5.49. The first kappa shape index (κ1) is 40.1. The van der Waals surface area contributed by atoms with Crippen LogP contribution in [0.1, 0.15) is 33.4 Å². The molecule has 282 valence electrons. The van der Waals surface area contributed by atoms with Crippen LogP contribution in [-0.4, -0.2) is 42.0 Å². The summed E-state index contributed by atoms with van der Waals surface area (Å²) in [4.78, 5) is 0. The predicted molar refractivity (Wildman–Crippen MR) is 158 cm³/mol. The standard InChI is InChI=1S/C34H24F16N2/c35-28(36,29(37,38)30(39,40)31(41,42)32(43,44)34(48,49)50)27(33(45,46)47,23-9-1-19(2-10-23)17-21-5-13-25(51)14-6-21)24-11-3-20(4-12-24)18-22-7-15-26(52)16-8-22/h1-16H,17-18,51-52H2. The van der Waals surface area contributed by atoms with Crippen LogP contribution < -0.4 is 11.5 Å². The number of nitrogens with two attached hydrogens (primary N) is 2. The number of halogens is 16. The molecule has 0 spiro atoms. The molecule has 0 aliphatic rings. The second-order valence-corrected chi connectivity index (χ2v) is 11.8. The maximum absolute atomic E-state index is 16.2. The van der Waals surface area contributed by atoms with Crippen molar-refractivity contribution in [3.8, 4) is 0 Å². The number of hydrogen-bond donors (Lipinski definition) is 2. The van der Waals surface area contributed by atoms with Crippen LogP contribution in [0, 0.1) is 0 Å². The minimum atomic E-state index is -8.47. The second-order valence-electron chi connectivity index (χ2n) is 11.8. The molecule has 4 rings (SSSR count). The summed E-state index contributed by atoms with van der Waals surface area (Å²) in [7, 11) is 0. The maximum Gasteiger partial charge on any atom is 0.460 e. The maximum atomic E-state index is 16.2. The van der Waals surface area contributed by atoms with Crippen molar-refractivity contribution in [3.05, 3.63) is 130 Å². The van der Waals surface area contributed by atoms with Crippen LogP contribution in [0.2, 0.25) is 0 Å². The Hall–Kier alpha value is -4.64. The zero-order valence-electron chi connectivity index (χ0n) is 25.9. The molecule has 0 aliphatic carbocycles. The molecule has 4 aromatic rings. The third-order valence-electron chi connectivity index (χ3n) is 8.38. The number of alkyl halides is 16. The van der Waals surface area contributed by atoms with E-state index >= 15 is 30.7 Å². The minimum absolute atomic E-state index is 0.0141. The van der Waals surface area contributed by atoms with Crippen LogP contribution in [0.15, 0.2) is 97.1 Å². The van der Waals surface area contributed by atoms with E-state index in [1.54, 1.807) is 0 Å². The van der Waals surface area contributed by atoms with Crippen molar-refractivity contribution in [2.75, 3.05) is 11.5 Å². The summed E-state index contributed by atoms with van der Waals surface area (Å²) in [5, 5.41) is 0. The average molecular weight is 765 g/mol. The van der Waals surface area contributed by atoms with Crippen molar-refractivity contribution < 1.29 is 70.2 Å². The number of nitrogen functional groups attached to an aromatic ring is 2. The molecule has 0 fully saturated rings. The van der Waals surface area contributed by atoms with Crippen LogP contribution in [0.4, 0.5) is 81.6 Å². The van der Waals surface area contributed by atoms with Crippen LogP contribution in [0.5, 0.6) is 0 Å². The first-order chi connectivity index (χ1) is 23.6. The molecular formula is C34H24F16N2. The zero-order chi connectivity index (χ0) is 39.3. The van der Waals surface area contributed by atoms with Gasteiger partial charge in [-0.2, -0.15) is 70.2 Å². The Labute approximate surface area is 284 Å². The highest BCUT2D eigenvalue weighted by Crippen LogP contribution is 2.67. The van der Waals surface area contributed by atoms with E-state index in [-0.39, 0.29) is 48.2 Å². The molecule has 2 nitrogen and oxygen atoms in total. The van der Waals surface area contributed by atoms with Gasteiger partial charge < -0.3 is 11.5 Å². The highest BCUT2D eigenvalue weighted by atomic mass is 19.4. The van der Waals surface area contributed by atoms with Gasteiger partial charge in [0, 0.05) is 11.4 Å². The number of anilines is 2. The smallest absolute Gasteiger partial charge is 0.399 e. The lowest BCUT2D eigenvalue weighted by atomic mass is 9.65. The fraction of sp³-hybridized carbons (Fsp3) is 0.294. The van der Waals surface area contributed by atoms with E-state index in [9.17, 15) is 39.5 Å². The number of benzene rings is 4. The van der Waals surface area contributed by atoms with E-state index in [0.717, 1.165) is 0 Å². The molecule has 52 heavy (non-hydrogen) atoms. The van der Waals surface area contributed by atoms with Crippen molar-refractivity contribution in [3.63, 3.8) is 0 Å². The van der Waals surface area contributed by atoms with Gasteiger partial charge in [-0.15, -0.1) is 0 Å². The summed E-state index contributed by atoms with van der Waals surface area (Å²) in [6, 6.07) is 14.7.